The zero-order valence-electron chi connectivity index (χ0n) is 16.6. The maximum absolute atomic E-state index is 11.0. The summed E-state index contributed by atoms with van der Waals surface area (Å²) < 4.78 is 9.62. The van der Waals surface area contributed by atoms with Crippen LogP contribution in [0.2, 0.25) is 0 Å². The van der Waals surface area contributed by atoms with Crippen molar-refractivity contribution in [3.8, 4) is 5.75 Å². The van der Waals surface area contributed by atoms with Crippen LogP contribution >= 0.6 is 11.9 Å². The molecule has 0 aliphatic carbocycles. The number of allylic oxidation sites excluding steroid dienone is 6. The third kappa shape index (κ3) is 5.63. The van der Waals surface area contributed by atoms with Gasteiger partial charge in [0.05, 0.1) is 7.11 Å². The Labute approximate surface area is 161 Å². The van der Waals surface area contributed by atoms with Gasteiger partial charge in [-0.05, 0) is 74.9 Å². The number of carbonyl (C=O) groups is 1. The summed E-state index contributed by atoms with van der Waals surface area (Å²) in [6.45, 7) is 12.2. The molecule has 0 bridgehead atoms. The molecule has 3 nitrogen and oxygen atoms in total. The van der Waals surface area contributed by atoms with Gasteiger partial charge in [-0.2, -0.15) is 0 Å². The van der Waals surface area contributed by atoms with Crippen LogP contribution in [-0.2, 0) is 9.08 Å². The SMILES string of the molecule is COc1c(C)c(C)c(/C=C/C(C)=C/C=C/C(C)=C/C(=O)OCl)c(C)c1C. The lowest BCUT2D eigenvalue weighted by atomic mass is 9.92. The zero-order chi connectivity index (χ0) is 19.9. The number of carbonyl (C=O) groups excluding carboxylic acids is 1. The van der Waals surface area contributed by atoms with Crippen LogP contribution in [0.25, 0.3) is 6.08 Å². The molecule has 1 aromatic rings. The number of ether oxygens (including phenoxy) is 1. The largest absolute Gasteiger partial charge is 0.496 e. The second-order valence-corrected chi connectivity index (χ2v) is 6.49. The van der Waals surface area contributed by atoms with Gasteiger partial charge in [0.25, 0.3) is 0 Å². The molecule has 0 aliphatic heterocycles. The Morgan fingerprint density at radius 1 is 0.923 bits per heavy atom. The molecule has 0 amide bonds. The second kappa shape index (κ2) is 10.0. The Hall–Kier alpha value is -2.26. The van der Waals surface area contributed by atoms with Crippen molar-refractivity contribution < 1.29 is 13.8 Å². The summed E-state index contributed by atoms with van der Waals surface area (Å²) in [6.07, 6.45) is 11.2. The predicted molar refractivity (Wildman–Crippen MR) is 110 cm³/mol. The van der Waals surface area contributed by atoms with Crippen LogP contribution in [0.15, 0.2) is 41.5 Å². The topological polar surface area (TPSA) is 35.5 Å². The first-order valence-electron chi connectivity index (χ1n) is 8.41. The molecule has 0 saturated carbocycles. The van der Waals surface area contributed by atoms with E-state index in [0.717, 1.165) is 16.9 Å². The quantitative estimate of drug-likeness (QED) is 0.446. The maximum atomic E-state index is 11.0. The van der Waals surface area contributed by atoms with Gasteiger partial charge in [-0.25, -0.2) is 4.79 Å². The van der Waals surface area contributed by atoms with Gasteiger partial charge in [-0.1, -0.05) is 36.0 Å². The molecule has 0 spiro atoms. The number of benzene rings is 1. The van der Waals surface area contributed by atoms with Crippen molar-refractivity contribution in [3.63, 3.8) is 0 Å². The first-order valence-corrected chi connectivity index (χ1v) is 8.72. The summed E-state index contributed by atoms with van der Waals surface area (Å²) >= 11 is 5.00. The fraction of sp³-hybridized carbons (Fsp3) is 0.318. The van der Waals surface area contributed by atoms with E-state index in [1.54, 1.807) is 14.0 Å². The normalized spacial score (nSPS) is 12.9. The highest BCUT2D eigenvalue weighted by molar-refractivity contribution is 6.14. The van der Waals surface area contributed by atoms with Gasteiger partial charge < -0.3 is 9.03 Å². The van der Waals surface area contributed by atoms with Gasteiger partial charge in [0.15, 0.2) is 0 Å². The molecular weight excluding hydrogens is 348 g/mol. The number of methoxy groups -OCH3 is 1. The monoisotopic (exact) mass is 374 g/mol. The highest BCUT2D eigenvalue weighted by Crippen LogP contribution is 2.33. The van der Waals surface area contributed by atoms with Crippen LogP contribution in [0.1, 0.15) is 41.7 Å². The molecule has 1 rings (SSSR count). The van der Waals surface area contributed by atoms with Crippen LogP contribution in [0.5, 0.6) is 5.75 Å². The number of halogens is 1. The van der Waals surface area contributed by atoms with Gasteiger partial charge in [-0.15, -0.1) is 0 Å². The van der Waals surface area contributed by atoms with Gasteiger partial charge in [0.2, 0.25) is 0 Å². The third-order valence-corrected chi connectivity index (χ3v) is 4.62. The van der Waals surface area contributed by atoms with Gasteiger partial charge in [0, 0.05) is 6.08 Å². The molecular formula is C22H27ClO3. The molecule has 1 aromatic carbocycles. The second-order valence-electron chi connectivity index (χ2n) is 6.33. The smallest absolute Gasteiger partial charge is 0.349 e. The van der Waals surface area contributed by atoms with E-state index in [2.05, 4.69) is 44.1 Å². The Bertz CT molecular complexity index is 767. The van der Waals surface area contributed by atoms with Crippen molar-refractivity contribution in [1.82, 2.24) is 0 Å². The van der Waals surface area contributed by atoms with Crippen LogP contribution in [0.3, 0.4) is 0 Å². The van der Waals surface area contributed by atoms with Gasteiger partial charge in [-0.3, -0.25) is 0 Å². The van der Waals surface area contributed by atoms with E-state index in [4.69, 9.17) is 16.6 Å². The molecule has 0 unspecified atom stereocenters. The minimum atomic E-state index is -0.578. The van der Waals surface area contributed by atoms with Crippen molar-refractivity contribution in [2.75, 3.05) is 7.11 Å². The minimum Gasteiger partial charge on any atom is -0.496 e. The molecule has 0 aliphatic rings. The lowest BCUT2D eigenvalue weighted by molar-refractivity contribution is -0.128. The molecule has 0 heterocycles. The van der Waals surface area contributed by atoms with E-state index in [-0.39, 0.29) is 0 Å². The summed E-state index contributed by atoms with van der Waals surface area (Å²) in [5, 5.41) is 0. The van der Waals surface area contributed by atoms with Crippen LogP contribution in [-0.4, -0.2) is 13.1 Å². The predicted octanol–water partition coefficient (Wildman–Crippen LogP) is 6.09. The molecule has 0 aromatic heterocycles. The Kier molecular flexibility index (Phi) is 8.40. The Morgan fingerprint density at radius 2 is 1.50 bits per heavy atom. The number of hydrogen-bond donors (Lipinski definition) is 0. The minimum absolute atomic E-state index is 0.578. The van der Waals surface area contributed by atoms with Crippen LogP contribution in [0.4, 0.5) is 0 Å². The number of hydrogen-bond acceptors (Lipinski definition) is 3. The Balaban J connectivity index is 3.04. The zero-order valence-corrected chi connectivity index (χ0v) is 17.3. The third-order valence-electron chi connectivity index (χ3n) is 4.47. The van der Waals surface area contributed by atoms with E-state index < -0.39 is 5.97 Å². The van der Waals surface area contributed by atoms with Gasteiger partial charge >= 0.3 is 5.97 Å². The van der Waals surface area contributed by atoms with E-state index in [0.29, 0.717) is 0 Å². The van der Waals surface area contributed by atoms with E-state index >= 15 is 0 Å². The Morgan fingerprint density at radius 3 is 2.00 bits per heavy atom. The summed E-state index contributed by atoms with van der Waals surface area (Å²) in [7, 11) is 1.71. The van der Waals surface area contributed by atoms with Crippen molar-refractivity contribution in [2.24, 2.45) is 0 Å². The molecule has 26 heavy (non-hydrogen) atoms. The number of rotatable bonds is 6. The summed E-state index contributed by atoms with van der Waals surface area (Å²) in [6, 6.07) is 0. The molecule has 0 saturated heterocycles. The highest BCUT2D eigenvalue weighted by atomic mass is 35.5. The summed E-state index contributed by atoms with van der Waals surface area (Å²) in [5.41, 5.74) is 7.87. The first-order chi connectivity index (χ1) is 12.2. The lowest BCUT2D eigenvalue weighted by Crippen LogP contribution is -2.00. The van der Waals surface area contributed by atoms with Crippen LogP contribution < -0.4 is 4.74 Å². The standard InChI is InChI=1S/C22H27ClO3/c1-14(9-8-10-15(2)13-21(24)26-23)11-12-20-16(3)18(5)22(25-7)19(6)17(20)4/h8-13H,1-7H3/b10-8+,12-11+,14-9+,15-13+. The molecule has 0 atom stereocenters. The first kappa shape index (κ1) is 21.8. The van der Waals surface area contributed by atoms with Crippen LogP contribution in [0, 0.1) is 27.7 Å². The average Bonchev–Trinajstić information content (AvgIpc) is 2.60. The van der Waals surface area contributed by atoms with E-state index in [1.807, 2.05) is 25.2 Å². The summed E-state index contributed by atoms with van der Waals surface area (Å²) in [4.78, 5) is 11.0. The maximum Gasteiger partial charge on any atom is 0.349 e. The van der Waals surface area contributed by atoms with E-state index in [1.165, 1.54) is 33.9 Å². The van der Waals surface area contributed by atoms with Crippen molar-refractivity contribution >= 4 is 23.9 Å². The average molecular weight is 375 g/mol. The van der Waals surface area contributed by atoms with Crippen molar-refractivity contribution in [2.45, 2.75) is 41.5 Å². The van der Waals surface area contributed by atoms with Gasteiger partial charge in [0.1, 0.15) is 17.6 Å². The molecule has 4 heteroatoms. The van der Waals surface area contributed by atoms with E-state index in [9.17, 15) is 4.79 Å². The molecule has 0 radical (unpaired) electrons. The fourth-order valence-electron chi connectivity index (χ4n) is 2.74. The fourth-order valence-corrected chi connectivity index (χ4v) is 2.79. The lowest BCUT2D eigenvalue weighted by Gasteiger charge is -2.17. The summed E-state index contributed by atoms with van der Waals surface area (Å²) in [5.74, 6) is 0.385. The molecule has 140 valence electrons. The molecule has 0 N–H and O–H groups in total. The van der Waals surface area contributed by atoms with Crippen molar-refractivity contribution in [1.29, 1.82) is 0 Å². The highest BCUT2D eigenvalue weighted by Gasteiger charge is 2.13. The molecule has 0 fully saturated rings. The van der Waals surface area contributed by atoms with Crippen molar-refractivity contribution in [3.05, 3.63) is 69.3 Å².